The van der Waals surface area contributed by atoms with Crippen molar-refractivity contribution in [3.63, 3.8) is 0 Å². The Labute approximate surface area is 216 Å². The first kappa shape index (κ1) is 26.0. The van der Waals surface area contributed by atoms with Crippen LogP contribution in [0.25, 0.3) is 11.3 Å². The third-order valence-electron chi connectivity index (χ3n) is 6.45. The van der Waals surface area contributed by atoms with Crippen LogP contribution in [0.3, 0.4) is 0 Å². The van der Waals surface area contributed by atoms with Crippen LogP contribution in [0.1, 0.15) is 40.9 Å². The van der Waals surface area contributed by atoms with Crippen molar-refractivity contribution in [2.24, 2.45) is 11.8 Å². The summed E-state index contributed by atoms with van der Waals surface area (Å²) in [5.41, 5.74) is 2.47. The summed E-state index contributed by atoms with van der Waals surface area (Å²) in [4.78, 5) is 48.7. The van der Waals surface area contributed by atoms with Crippen LogP contribution in [0.15, 0.2) is 54.6 Å². The summed E-state index contributed by atoms with van der Waals surface area (Å²) < 4.78 is 3.91. The highest BCUT2D eigenvalue weighted by Crippen LogP contribution is 2.29. The number of rotatable bonds is 9. The zero-order valence-corrected chi connectivity index (χ0v) is 20.6. The van der Waals surface area contributed by atoms with E-state index in [1.807, 2.05) is 30.3 Å². The van der Waals surface area contributed by atoms with Crippen molar-refractivity contribution in [3.05, 3.63) is 65.0 Å². The van der Waals surface area contributed by atoms with Gasteiger partial charge in [-0.1, -0.05) is 47.0 Å². The molecule has 1 aliphatic rings. The number of benzene rings is 2. The molecule has 0 unspecified atom stereocenters. The SMILES string of the molecule is O=C(Nc1ccc(C[C@H](NC(=O)C2CCC(C(=O)O)CC2)C(=O)O)cc1)c1snnc1-c1ccccc1. The second-order valence-corrected chi connectivity index (χ2v) is 9.71. The van der Waals surface area contributed by atoms with Gasteiger partial charge in [0.25, 0.3) is 5.91 Å². The van der Waals surface area contributed by atoms with Gasteiger partial charge in [-0.3, -0.25) is 14.4 Å². The lowest BCUT2D eigenvalue weighted by Gasteiger charge is -2.26. The third-order valence-corrected chi connectivity index (χ3v) is 7.18. The van der Waals surface area contributed by atoms with Crippen LogP contribution in [0.2, 0.25) is 0 Å². The Kier molecular flexibility index (Phi) is 8.24. The fraction of sp³-hybridized carbons (Fsp3) is 0.308. The standard InChI is InChI=1S/C26H26N4O6S/c31-23(17-8-10-18(11-9-17)25(33)34)28-20(26(35)36)14-15-6-12-19(13-7-15)27-24(32)22-21(29-30-37-22)16-4-2-1-3-5-16/h1-7,12-13,17-18,20H,8-11,14H2,(H,27,32)(H,28,31)(H,33,34)(H,35,36)/t17?,18?,20-/m0/s1. The number of carboxylic acid groups (broad SMARTS) is 2. The number of hydrogen-bond donors (Lipinski definition) is 4. The van der Waals surface area contributed by atoms with Crippen LogP contribution in [-0.4, -0.2) is 49.6 Å². The van der Waals surface area contributed by atoms with Gasteiger partial charge in [-0.2, -0.15) is 0 Å². The van der Waals surface area contributed by atoms with Gasteiger partial charge in [-0.25, -0.2) is 4.79 Å². The van der Waals surface area contributed by atoms with Gasteiger partial charge in [0, 0.05) is 23.6 Å². The molecule has 1 aromatic heterocycles. The van der Waals surface area contributed by atoms with Gasteiger partial charge in [0.15, 0.2) is 0 Å². The molecule has 4 N–H and O–H groups in total. The van der Waals surface area contributed by atoms with E-state index >= 15 is 0 Å². The number of anilines is 1. The summed E-state index contributed by atoms with van der Waals surface area (Å²) in [6.45, 7) is 0. The molecule has 2 aromatic carbocycles. The van der Waals surface area contributed by atoms with Gasteiger partial charge < -0.3 is 20.8 Å². The first-order valence-electron chi connectivity index (χ1n) is 11.9. The van der Waals surface area contributed by atoms with E-state index < -0.39 is 29.8 Å². The monoisotopic (exact) mass is 522 g/mol. The number of nitrogens with zero attached hydrogens (tertiary/aromatic N) is 2. The van der Waals surface area contributed by atoms with Gasteiger partial charge in [-0.15, -0.1) is 5.10 Å². The number of carbonyl (C=O) groups is 4. The molecule has 1 saturated carbocycles. The minimum atomic E-state index is -1.16. The van der Waals surface area contributed by atoms with Gasteiger partial charge in [0.05, 0.1) is 5.92 Å². The molecule has 0 saturated heterocycles. The number of aliphatic carboxylic acids is 2. The lowest BCUT2D eigenvalue weighted by atomic mass is 9.81. The van der Waals surface area contributed by atoms with E-state index in [4.69, 9.17) is 5.11 Å². The summed E-state index contributed by atoms with van der Waals surface area (Å²) in [6.07, 6.45) is 1.72. The smallest absolute Gasteiger partial charge is 0.326 e. The average molecular weight is 523 g/mol. The first-order valence-corrected chi connectivity index (χ1v) is 12.6. The van der Waals surface area contributed by atoms with E-state index in [1.54, 1.807) is 24.3 Å². The van der Waals surface area contributed by atoms with Crippen LogP contribution < -0.4 is 10.6 Å². The lowest BCUT2D eigenvalue weighted by Crippen LogP contribution is -2.45. The summed E-state index contributed by atoms with van der Waals surface area (Å²) in [6, 6.07) is 14.9. The molecule has 192 valence electrons. The molecule has 2 amide bonds. The maximum Gasteiger partial charge on any atom is 0.326 e. The molecule has 0 bridgehead atoms. The minimum absolute atomic E-state index is 0.0662. The van der Waals surface area contributed by atoms with Crippen molar-refractivity contribution in [2.75, 3.05) is 5.32 Å². The highest BCUT2D eigenvalue weighted by molar-refractivity contribution is 7.08. The van der Waals surface area contributed by atoms with Gasteiger partial charge in [0.1, 0.15) is 16.6 Å². The Hall–Kier alpha value is -4.12. The van der Waals surface area contributed by atoms with Crippen LogP contribution >= 0.6 is 11.5 Å². The predicted octanol–water partition coefficient (Wildman–Crippen LogP) is 3.46. The molecule has 3 aromatic rings. The first-order chi connectivity index (χ1) is 17.8. The number of amides is 2. The maximum atomic E-state index is 12.8. The van der Waals surface area contributed by atoms with Crippen LogP contribution in [0, 0.1) is 11.8 Å². The van der Waals surface area contributed by atoms with Crippen molar-refractivity contribution < 1.29 is 29.4 Å². The Morgan fingerprint density at radius 3 is 2.19 bits per heavy atom. The molecular formula is C26H26N4O6S. The summed E-state index contributed by atoms with van der Waals surface area (Å²) >= 11 is 0.998. The van der Waals surface area contributed by atoms with Crippen LogP contribution in [-0.2, 0) is 20.8 Å². The molecule has 0 radical (unpaired) electrons. The Morgan fingerprint density at radius 1 is 0.919 bits per heavy atom. The lowest BCUT2D eigenvalue weighted by molar-refractivity contribution is -0.144. The normalized spacial score (nSPS) is 17.9. The van der Waals surface area contributed by atoms with E-state index in [9.17, 15) is 24.3 Å². The molecule has 1 aliphatic carbocycles. The van der Waals surface area contributed by atoms with E-state index in [1.165, 1.54) is 0 Å². The van der Waals surface area contributed by atoms with E-state index in [0.29, 0.717) is 47.5 Å². The number of aromatic nitrogens is 2. The topological polar surface area (TPSA) is 159 Å². The zero-order chi connectivity index (χ0) is 26.4. The second kappa shape index (κ2) is 11.7. The van der Waals surface area contributed by atoms with Gasteiger partial charge >= 0.3 is 11.9 Å². The highest BCUT2D eigenvalue weighted by atomic mass is 32.1. The van der Waals surface area contributed by atoms with E-state index in [-0.39, 0.29) is 18.2 Å². The summed E-state index contributed by atoms with van der Waals surface area (Å²) in [5.74, 6) is -3.58. The van der Waals surface area contributed by atoms with Crippen molar-refractivity contribution in [1.29, 1.82) is 0 Å². The number of nitrogens with one attached hydrogen (secondary N) is 2. The van der Waals surface area contributed by atoms with Crippen LogP contribution in [0.4, 0.5) is 5.69 Å². The predicted molar refractivity (Wildman–Crippen MR) is 136 cm³/mol. The maximum absolute atomic E-state index is 12.8. The Bertz CT molecular complexity index is 1270. The van der Waals surface area contributed by atoms with Crippen molar-refractivity contribution in [2.45, 2.75) is 38.1 Å². The molecule has 11 heteroatoms. The van der Waals surface area contributed by atoms with Crippen molar-refractivity contribution in [3.8, 4) is 11.3 Å². The molecule has 37 heavy (non-hydrogen) atoms. The largest absolute Gasteiger partial charge is 0.481 e. The molecule has 1 fully saturated rings. The second-order valence-electron chi connectivity index (χ2n) is 8.96. The molecule has 0 spiro atoms. The fourth-order valence-corrected chi connectivity index (χ4v) is 4.95. The number of carbonyl (C=O) groups excluding carboxylic acids is 2. The molecule has 0 aliphatic heterocycles. The van der Waals surface area contributed by atoms with E-state index in [0.717, 1.165) is 17.1 Å². The molecule has 1 atom stereocenters. The molecule has 4 rings (SSSR count). The fourth-order valence-electron chi connectivity index (χ4n) is 4.36. The van der Waals surface area contributed by atoms with Crippen molar-refractivity contribution >= 4 is 41.0 Å². The highest BCUT2D eigenvalue weighted by Gasteiger charge is 2.31. The Balaban J connectivity index is 1.35. The molecule has 10 nitrogen and oxygen atoms in total. The Morgan fingerprint density at radius 2 is 1.57 bits per heavy atom. The third kappa shape index (κ3) is 6.56. The minimum Gasteiger partial charge on any atom is -0.481 e. The van der Waals surface area contributed by atoms with Gasteiger partial charge in [-0.05, 0) is 54.9 Å². The quantitative estimate of drug-likeness (QED) is 0.333. The van der Waals surface area contributed by atoms with Gasteiger partial charge in [0.2, 0.25) is 5.91 Å². The summed E-state index contributed by atoms with van der Waals surface area (Å²) in [5, 5.41) is 28.2. The number of hydrogen-bond acceptors (Lipinski definition) is 7. The molecule has 1 heterocycles. The van der Waals surface area contributed by atoms with Crippen molar-refractivity contribution in [1.82, 2.24) is 14.9 Å². The summed E-state index contributed by atoms with van der Waals surface area (Å²) in [7, 11) is 0. The van der Waals surface area contributed by atoms with E-state index in [2.05, 4.69) is 20.2 Å². The zero-order valence-electron chi connectivity index (χ0n) is 19.8. The molecular weight excluding hydrogens is 496 g/mol. The van der Waals surface area contributed by atoms with Crippen LogP contribution in [0.5, 0.6) is 0 Å². The number of carboxylic acids is 2. The average Bonchev–Trinajstić information content (AvgIpc) is 3.40.